The fourth-order valence-corrected chi connectivity index (χ4v) is 1.41. The van der Waals surface area contributed by atoms with E-state index >= 15 is 0 Å². The molecule has 0 aromatic heterocycles. The van der Waals surface area contributed by atoms with E-state index < -0.39 is 0 Å². The van der Waals surface area contributed by atoms with E-state index in [1.54, 1.807) is 5.01 Å². The molecule has 0 spiro atoms. The number of hydrogen-bond donors (Lipinski definition) is 1. The van der Waals surface area contributed by atoms with Crippen LogP contribution in [0.5, 0.6) is 0 Å². The van der Waals surface area contributed by atoms with Crippen LogP contribution in [0.1, 0.15) is 53.9 Å². The predicted molar refractivity (Wildman–Crippen MR) is 80.3 cm³/mol. The summed E-state index contributed by atoms with van der Waals surface area (Å²) in [5, 5.41) is 8.50. The van der Waals surface area contributed by atoms with Gasteiger partial charge < -0.3 is 5.11 Å². The summed E-state index contributed by atoms with van der Waals surface area (Å²) in [5.74, 6) is 0.101. The number of nitrogens with zero attached hydrogens (tertiary/aromatic N) is 2. The van der Waals surface area contributed by atoms with Crippen LogP contribution >= 0.6 is 24.2 Å². The quantitative estimate of drug-likeness (QED) is 0.480. The number of amides is 1. The number of hydrazine groups is 1. The molecule has 5 nitrogen and oxygen atoms in total. The molecule has 0 fully saturated rings. The number of halogens is 2. The third-order valence-corrected chi connectivity index (χ3v) is 2.79. The lowest BCUT2D eigenvalue weighted by molar-refractivity contribution is -0.146. The smallest absolute Gasteiger partial charge is 0.290 e. The van der Waals surface area contributed by atoms with Crippen molar-refractivity contribution in [2.24, 2.45) is 0 Å². The van der Waals surface area contributed by atoms with Crippen molar-refractivity contribution in [3.05, 3.63) is 0 Å². The predicted octanol–water partition coefficient (Wildman–Crippen LogP) is 3.32. The molecule has 0 atom stereocenters. The highest BCUT2D eigenvalue weighted by atomic mass is 35.5. The van der Waals surface area contributed by atoms with Crippen LogP contribution in [-0.4, -0.2) is 39.1 Å². The van der Waals surface area contributed by atoms with Crippen molar-refractivity contribution < 1.29 is 14.7 Å². The summed E-state index contributed by atoms with van der Waals surface area (Å²) in [5.41, 5.74) is -0.237. The number of carboxylic acid groups (broad SMARTS) is 1. The maximum atomic E-state index is 11.8. The van der Waals surface area contributed by atoms with Gasteiger partial charge in [0, 0.05) is 30.3 Å². The van der Waals surface area contributed by atoms with E-state index in [-0.39, 0.29) is 30.3 Å². The lowest BCUT2D eigenvalue weighted by atomic mass is 10.1. The highest BCUT2D eigenvalue weighted by Crippen LogP contribution is 2.20. The molecule has 0 aliphatic carbocycles. The maximum Gasteiger partial charge on any atom is 0.290 e. The highest BCUT2D eigenvalue weighted by molar-refractivity contribution is 6.14. The van der Waals surface area contributed by atoms with Gasteiger partial charge in [0.25, 0.3) is 6.47 Å². The Bertz CT molecular complexity index is 246. The molecule has 0 saturated carbocycles. The van der Waals surface area contributed by atoms with Gasteiger partial charge in [-0.3, -0.25) is 14.6 Å². The SMILES string of the molecule is CCCCC(=O)N(CC)N(Cl)C(C)(C)C.Cl.O=CO. The maximum absolute atomic E-state index is 11.8. The van der Waals surface area contributed by atoms with E-state index in [2.05, 4.69) is 6.92 Å². The Labute approximate surface area is 127 Å². The molecule has 0 aromatic rings. The summed E-state index contributed by atoms with van der Waals surface area (Å²) < 4.78 is 1.50. The van der Waals surface area contributed by atoms with Gasteiger partial charge in [-0.25, -0.2) is 0 Å². The summed E-state index contributed by atoms with van der Waals surface area (Å²) in [6.45, 7) is 10.3. The van der Waals surface area contributed by atoms with E-state index in [0.717, 1.165) is 12.8 Å². The standard InChI is InChI=1S/C11H23ClN2O.CH2O2.ClH/c1-6-8-9-10(15)13(7-2)14(12)11(3,4)5;2-1-3;/h6-9H2,1-5H3;1H,(H,2,3);1H. The van der Waals surface area contributed by atoms with E-state index in [0.29, 0.717) is 13.0 Å². The Hall–Kier alpha value is -0.520. The van der Waals surface area contributed by atoms with Crippen molar-refractivity contribution in [1.82, 2.24) is 9.54 Å². The van der Waals surface area contributed by atoms with Gasteiger partial charge in [0.05, 0.1) is 0 Å². The zero-order valence-electron chi connectivity index (χ0n) is 12.4. The summed E-state index contributed by atoms with van der Waals surface area (Å²) in [4.78, 5) is 20.2. The van der Waals surface area contributed by atoms with Gasteiger partial charge in [-0.15, -0.1) is 16.9 Å². The van der Waals surface area contributed by atoms with Crippen LogP contribution in [0.4, 0.5) is 0 Å². The Kier molecular flexibility index (Phi) is 15.5. The first-order chi connectivity index (χ1) is 8.25. The number of carbonyl (C=O) groups is 2. The Balaban J connectivity index is -0.000000580. The van der Waals surface area contributed by atoms with Crippen molar-refractivity contribution in [1.29, 1.82) is 0 Å². The molecule has 0 aromatic carbocycles. The minimum Gasteiger partial charge on any atom is -0.483 e. The van der Waals surface area contributed by atoms with Crippen LogP contribution < -0.4 is 0 Å². The van der Waals surface area contributed by atoms with Crippen LogP contribution in [0.25, 0.3) is 0 Å². The van der Waals surface area contributed by atoms with Crippen LogP contribution in [0.15, 0.2) is 0 Å². The normalized spacial score (nSPS) is 10.1. The molecule has 0 bridgehead atoms. The third kappa shape index (κ3) is 11.0. The highest BCUT2D eigenvalue weighted by Gasteiger charge is 2.27. The summed E-state index contributed by atoms with van der Waals surface area (Å²) in [6.07, 6.45) is 2.52. The second kappa shape index (κ2) is 12.5. The summed E-state index contributed by atoms with van der Waals surface area (Å²) in [6, 6.07) is 0. The van der Waals surface area contributed by atoms with Crippen LogP contribution in [0.2, 0.25) is 0 Å². The fraction of sp³-hybridized carbons (Fsp3) is 0.833. The first kappa shape index (κ1) is 23.6. The zero-order chi connectivity index (χ0) is 14.8. The van der Waals surface area contributed by atoms with Gasteiger partial charge in [0.1, 0.15) is 0 Å². The van der Waals surface area contributed by atoms with Crippen LogP contribution in [0, 0.1) is 0 Å². The van der Waals surface area contributed by atoms with Gasteiger partial charge in [-0.1, -0.05) is 13.3 Å². The van der Waals surface area contributed by atoms with E-state index in [4.69, 9.17) is 21.7 Å². The van der Waals surface area contributed by atoms with E-state index in [1.165, 1.54) is 4.53 Å². The molecular formula is C12H26Cl2N2O3. The average Bonchev–Trinajstić information content (AvgIpc) is 2.27. The number of rotatable bonds is 5. The monoisotopic (exact) mass is 316 g/mol. The molecule has 116 valence electrons. The lowest BCUT2D eigenvalue weighted by Gasteiger charge is -2.37. The zero-order valence-corrected chi connectivity index (χ0v) is 13.9. The average molecular weight is 317 g/mol. The molecule has 0 aliphatic rings. The minimum atomic E-state index is -0.250. The first-order valence-electron chi connectivity index (χ1n) is 6.10. The van der Waals surface area contributed by atoms with Gasteiger partial charge in [0.2, 0.25) is 5.91 Å². The van der Waals surface area contributed by atoms with Crippen molar-refractivity contribution >= 4 is 36.6 Å². The number of carbonyl (C=O) groups excluding carboxylic acids is 1. The Morgan fingerprint density at radius 2 is 1.74 bits per heavy atom. The third-order valence-electron chi connectivity index (χ3n) is 2.10. The lowest BCUT2D eigenvalue weighted by Crippen LogP contribution is -2.49. The summed E-state index contributed by atoms with van der Waals surface area (Å²) >= 11 is 6.14. The molecule has 7 heteroatoms. The topological polar surface area (TPSA) is 60.9 Å². The second-order valence-electron chi connectivity index (χ2n) is 4.75. The number of unbranched alkanes of at least 4 members (excludes halogenated alkanes) is 1. The van der Waals surface area contributed by atoms with Gasteiger partial charge in [-0.2, -0.15) is 0 Å². The van der Waals surface area contributed by atoms with Crippen molar-refractivity contribution in [2.75, 3.05) is 6.54 Å². The first-order valence-corrected chi connectivity index (χ1v) is 6.44. The van der Waals surface area contributed by atoms with Crippen molar-refractivity contribution in [3.63, 3.8) is 0 Å². The number of hydrogen-bond acceptors (Lipinski definition) is 3. The minimum absolute atomic E-state index is 0. The van der Waals surface area contributed by atoms with Crippen molar-refractivity contribution in [3.8, 4) is 0 Å². The van der Waals surface area contributed by atoms with Gasteiger partial charge >= 0.3 is 0 Å². The molecule has 0 heterocycles. The molecule has 0 unspecified atom stereocenters. The fourth-order valence-electron chi connectivity index (χ4n) is 1.22. The Morgan fingerprint density at radius 3 is 2.00 bits per heavy atom. The van der Waals surface area contributed by atoms with Gasteiger partial charge in [0.15, 0.2) is 0 Å². The molecule has 0 aliphatic heterocycles. The van der Waals surface area contributed by atoms with E-state index in [9.17, 15) is 4.79 Å². The van der Waals surface area contributed by atoms with Crippen molar-refractivity contribution in [2.45, 2.75) is 59.4 Å². The summed E-state index contributed by atoms with van der Waals surface area (Å²) in [7, 11) is 0. The molecular weight excluding hydrogens is 291 g/mol. The molecule has 1 amide bonds. The van der Waals surface area contributed by atoms with Crippen LogP contribution in [0.3, 0.4) is 0 Å². The van der Waals surface area contributed by atoms with Gasteiger partial charge in [-0.05, 0) is 34.1 Å². The molecule has 19 heavy (non-hydrogen) atoms. The molecule has 1 N–H and O–H groups in total. The largest absolute Gasteiger partial charge is 0.483 e. The molecule has 0 rings (SSSR count). The van der Waals surface area contributed by atoms with Crippen LogP contribution in [-0.2, 0) is 9.59 Å². The Morgan fingerprint density at radius 1 is 1.32 bits per heavy atom. The molecule has 0 radical (unpaired) electrons. The second-order valence-corrected chi connectivity index (χ2v) is 5.07. The molecule has 0 saturated heterocycles. The van der Waals surface area contributed by atoms with E-state index in [1.807, 2.05) is 27.7 Å².